The van der Waals surface area contributed by atoms with Crippen LogP contribution in [-0.2, 0) is 0 Å². The number of nitrogens with zero attached hydrogens (tertiary/aromatic N) is 2. The highest BCUT2D eigenvalue weighted by Gasteiger charge is 2.01. The van der Waals surface area contributed by atoms with Crippen LogP contribution in [0.1, 0.15) is 17.3 Å². The smallest absolute Gasteiger partial charge is 0.185 e. The molecule has 1 aromatic heterocycles. The van der Waals surface area contributed by atoms with E-state index in [9.17, 15) is 4.79 Å². The van der Waals surface area contributed by atoms with Crippen LogP contribution >= 0.6 is 0 Å². The molecule has 0 aromatic carbocycles. The summed E-state index contributed by atoms with van der Waals surface area (Å²) in [5.74, 6) is 1.13. The van der Waals surface area contributed by atoms with Gasteiger partial charge in [-0.25, -0.2) is 4.99 Å². The van der Waals surface area contributed by atoms with Gasteiger partial charge in [0.05, 0.1) is 5.56 Å². The van der Waals surface area contributed by atoms with Crippen molar-refractivity contribution >= 4 is 17.9 Å². The molecule has 0 saturated heterocycles. The number of aliphatic imine (C=N–C) groups is 1. The van der Waals surface area contributed by atoms with Gasteiger partial charge in [0.2, 0.25) is 0 Å². The number of H-pyrrole nitrogens is 1. The third-order valence-corrected chi connectivity index (χ3v) is 1.41. The Balaban J connectivity index is 2.95. The molecule has 0 spiro atoms. The van der Waals surface area contributed by atoms with Gasteiger partial charge in [-0.3, -0.25) is 9.89 Å². The van der Waals surface area contributed by atoms with Crippen LogP contribution in [0.5, 0.6) is 0 Å². The lowest BCUT2D eigenvalue weighted by atomic mass is 10.4. The number of hydrogen-bond acceptors (Lipinski definition) is 3. The highest BCUT2D eigenvalue weighted by molar-refractivity contribution is 5.86. The molecule has 2 N–H and O–H groups in total. The normalized spacial score (nSPS) is 11.3. The van der Waals surface area contributed by atoms with Gasteiger partial charge in [-0.1, -0.05) is 0 Å². The molecule has 0 radical (unpaired) electrons. The first kappa shape index (κ1) is 8.45. The molecule has 64 valence electrons. The third-order valence-electron chi connectivity index (χ3n) is 1.41. The fourth-order valence-electron chi connectivity index (χ4n) is 0.683. The molecule has 1 heterocycles. The molecule has 5 nitrogen and oxygen atoms in total. The maximum absolute atomic E-state index is 10.4. The molecule has 12 heavy (non-hydrogen) atoms. The summed E-state index contributed by atoms with van der Waals surface area (Å²) in [5.41, 5.74) is 0.463. The van der Waals surface area contributed by atoms with E-state index >= 15 is 0 Å². The van der Waals surface area contributed by atoms with Crippen LogP contribution in [0.3, 0.4) is 0 Å². The van der Waals surface area contributed by atoms with E-state index in [0.29, 0.717) is 23.5 Å². The summed E-state index contributed by atoms with van der Waals surface area (Å²) in [6.07, 6.45) is 2.22. The van der Waals surface area contributed by atoms with Crippen molar-refractivity contribution in [3.05, 3.63) is 11.8 Å². The molecule has 0 atom stereocenters. The van der Waals surface area contributed by atoms with E-state index in [1.807, 2.05) is 0 Å². The number of aromatic nitrogens is 2. The first-order valence-corrected chi connectivity index (χ1v) is 3.50. The van der Waals surface area contributed by atoms with Crippen LogP contribution < -0.4 is 5.32 Å². The summed E-state index contributed by atoms with van der Waals surface area (Å²) < 4.78 is 0. The topological polar surface area (TPSA) is 70.1 Å². The molecule has 0 aliphatic carbocycles. The predicted octanol–water partition coefficient (Wildman–Crippen LogP) is 0.491. The number of rotatable bonds is 2. The maximum atomic E-state index is 10.4. The standard InChI is InChI=1S/C7H10N4O/c1-5(8-2)10-7-6(4-12)3-9-11-7/h3-4H,1-2H3,(H2,8,9,10,11). The first-order chi connectivity index (χ1) is 5.77. The van der Waals surface area contributed by atoms with Gasteiger partial charge in [0.15, 0.2) is 12.1 Å². The number of carbonyl (C=O) groups excluding carboxylic acids is 1. The zero-order valence-corrected chi connectivity index (χ0v) is 6.96. The third kappa shape index (κ3) is 1.69. The van der Waals surface area contributed by atoms with Crippen molar-refractivity contribution in [2.45, 2.75) is 6.92 Å². The van der Waals surface area contributed by atoms with Crippen molar-refractivity contribution in [3.8, 4) is 0 Å². The van der Waals surface area contributed by atoms with Crippen molar-refractivity contribution in [2.75, 3.05) is 7.05 Å². The zero-order chi connectivity index (χ0) is 8.97. The monoisotopic (exact) mass is 166 g/mol. The van der Waals surface area contributed by atoms with E-state index in [2.05, 4.69) is 20.5 Å². The van der Waals surface area contributed by atoms with E-state index < -0.39 is 0 Å². The van der Waals surface area contributed by atoms with E-state index in [0.717, 1.165) is 0 Å². The zero-order valence-electron chi connectivity index (χ0n) is 6.96. The molecule has 1 rings (SSSR count). The lowest BCUT2D eigenvalue weighted by molar-refractivity contribution is 0.112. The van der Waals surface area contributed by atoms with Crippen molar-refractivity contribution in [1.82, 2.24) is 15.5 Å². The Bertz CT molecular complexity index is 302. The lowest BCUT2D eigenvalue weighted by Gasteiger charge is -1.94. The highest BCUT2D eigenvalue weighted by atomic mass is 16.1. The molecule has 1 aromatic rings. The summed E-state index contributed by atoms with van der Waals surface area (Å²) in [7, 11) is 1.76. The maximum Gasteiger partial charge on any atom is 0.185 e. The number of amidine groups is 1. The Labute approximate surface area is 69.9 Å². The van der Waals surface area contributed by atoms with Crippen LogP contribution in [0.4, 0.5) is 5.82 Å². The summed E-state index contributed by atoms with van der Waals surface area (Å²) in [6, 6.07) is 0. The largest absolute Gasteiger partial charge is 0.377 e. The number of carbonyl (C=O) groups is 1. The molecular formula is C7H10N4O. The van der Waals surface area contributed by atoms with Crippen LogP contribution in [0.25, 0.3) is 0 Å². The summed E-state index contributed by atoms with van der Waals surface area (Å²) >= 11 is 0. The van der Waals surface area contributed by atoms with Crippen molar-refractivity contribution in [3.63, 3.8) is 0 Å². The van der Waals surface area contributed by atoms with Crippen LogP contribution in [0, 0.1) is 0 Å². The molecule has 0 amide bonds. The fourth-order valence-corrected chi connectivity index (χ4v) is 0.683. The summed E-state index contributed by atoms with van der Waals surface area (Å²) in [5, 5.41) is 9.19. The molecular weight excluding hydrogens is 156 g/mol. The van der Waals surface area contributed by atoms with Crippen molar-refractivity contribution in [2.24, 2.45) is 4.99 Å². The minimum Gasteiger partial charge on any atom is -0.377 e. The second-order valence-corrected chi connectivity index (χ2v) is 2.23. The minimum absolute atomic E-state index is 0.414. The first-order valence-electron chi connectivity index (χ1n) is 3.50. The van der Waals surface area contributed by atoms with Gasteiger partial charge in [-0.05, 0) is 6.92 Å². The van der Waals surface area contributed by atoms with Crippen molar-refractivity contribution in [1.29, 1.82) is 0 Å². The Hall–Kier alpha value is -1.65. The predicted molar refractivity (Wildman–Crippen MR) is 45.8 cm³/mol. The van der Waals surface area contributed by atoms with Gasteiger partial charge >= 0.3 is 0 Å². The van der Waals surface area contributed by atoms with Gasteiger partial charge in [-0.15, -0.1) is 0 Å². The Morgan fingerprint density at radius 2 is 2.58 bits per heavy atom. The van der Waals surface area contributed by atoms with Crippen LogP contribution in [0.2, 0.25) is 0 Å². The minimum atomic E-state index is 0.414. The molecule has 0 bridgehead atoms. The molecule has 0 fully saturated rings. The van der Waals surface area contributed by atoms with Gasteiger partial charge < -0.3 is 5.32 Å². The Morgan fingerprint density at radius 3 is 3.17 bits per heavy atom. The quantitative estimate of drug-likeness (QED) is 0.381. The fraction of sp³-hybridized carbons (Fsp3) is 0.286. The second kappa shape index (κ2) is 3.66. The van der Waals surface area contributed by atoms with E-state index in [1.165, 1.54) is 6.20 Å². The summed E-state index contributed by atoms with van der Waals surface area (Å²) in [4.78, 5) is 14.4. The average Bonchev–Trinajstić information content (AvgIpc) is 2.51. The molecule has 5 heteroatoms. The molecule has 0 unspecified atom stereocenters. The highest BCUT2D eigenvalue weighted by Crippen LogP contribution is 2.11. The van der Waals surface area contributed by atoms with E-state index in [-0.39, 0.29) is 0 Å². The molecule has 0 saturated carbocycles. The van der Waals surface area contributed by atoms with Gasteiger partial charge in [0.1, 0.15) is 5.84 Å². The second-order valence-electron chi connectivity index (χ2n) is 2.23. The van der Waals surface area contributed by atoms with Crippen molar-refractivity contribution < 1.29 is 4.79 Å². The lowest BCUT2D eigenvalue weighted by Crippen LogP contribution is -2.13. The van der Waals surface area contributed by atoms with Gasteiger partial charge in [0, 0.05) is 13.2 Å². The van der Waals surface area contributed by atoms with Gasteiger partial charge in [-0.2, -0.15) is 5.10 Å². The van der Waals surface area contributed by atoms with Crippen LogP contribution in [-0.4, -0.2) is 29.4 Å². The molecule has 0 aliphatic heterocycles. The Morgan fingerprint density at radius 1 is 1.83 bits per heavy atom. The molecule has 0 aliphatic rings. The average molecular weight is 166 g/mol. The van der Waals surface area contributed by atoms with E-state index in [4.69, 9.17) is 0 Å². The SMILES string of the molecule is CN/C(C)=N\c1n[nH]cc1C=O. The number of hydrogen-bond donors (Lipinski definition) is 2. The van der Waals surface area contributed by atoms with Crippen LogP contribution in [0.15, 0.2) is 11.2 Å². The number of aromatic amines is 1. The number of aldehydes is 1. The Kier molecular flexibility index (Phi) is 2.57. The van der Waals surface area contributed by atoms with Gasteiger partial charge in [0.25, 0.3) is 0 Å². The number of nitrogens with one attached hydrogen (secondary N) is 2. The van der Waals surface area contributed by atoms with E-state index in [1.54, 1.807) is 14.0 Å². The summed E-state index contributed by atoms with van der Waals surface area (Å²) in [6.45, 7) is 1.79.